The lowest BCUT2D eigenvalue weighted by atomic mass is 10.1. The van der Waals surface area contributed by atoms with Gasteiger partial charge in [0.1, 0.15) is 10.7 Å². The molecule has 0 bridgehead atoms. The molecule has 1 amide bonds. The van der Waals surface area contributed by atoms with E-state index in [1.165, 1.54) is 17.0 Å². The minimum absolute atomic E-state index is 0.299. The standard InChI is InChI=1S/C14H18BrFN2O4S/c1-2-22-14(19)18-7-5-11(6-8-18)17-23(20,21)13-9-10(15)3-4-12(13)16/h3-4,9,11,17H,2,5-8H2,1H3. The first kappa shape index (κ1) is 18.2. The molecule has 1 fully saturated rings. The summed E-state index contributed by atoms with van der Waals surface area (Å²) in [6.45, 7) is 2.82. The Morgan fingerprint density at radius 3 is 2.70 bits per heavy atom. The number of amides is 1. The molecule has 9 heteroatoms. The van der Waals surface area contributed by atoms with E-state index in [0.29, 0.717) is 37.0 Å². The smallest absolute Gasteiger partial charge is 0.409 e. The van der Waals surface area contributed by atoms with E-state index in [1.807, 2.05) is 0 Å². The molecule has 128 valence electrons. The Labute approximate surface area is 143 Å². The maximum Gasteiger partial charge on any atom is 0.409 e. The van der Waals surface area contributed by atoms with Crippen LogP contribution in [0.15, 0.2) is 27.6 Å². The van der Waals surface area contributed by atoms with Crippen molar-refractivity contribution in [3.05, 3.63) is 28.5 Å². The van der Waals surface area contributed by atoms with Gasteiger partial charge in [0.2, 0.25) is 10.0 Å². The Bertz CT molecular complexity index is 675. The second-order valence-corrected chi connectivity index (χ2v) is 7.75. The van der Waals surface area contributed by atoms with Crippen molar-refractivity contribution >= 4 is 32.0 Å². The molecule has 0 saturated carbocycles. The lowest BCUT2D eigenvalue weighted by molar-refractivity contribution is 0.0966. The molecule has 1 aromatic carbocycles. The first-order valence-corrected chi connectivity index (χ1v) is 9.50. The molecule has 1 aliphatic rings. The van der Waals surface area contributed by atoms with Crippen LogP contribution in [0.2, 0.25) is 0 Å². The molecule has 0 atom stereocenters. The van der Waals surface area contributed by atoms with E-state index in [1.54, 1.807) is 6.92 Å². The summed E-state index contributed by atoms with van der Waals surface area (Å²) in [5.41, 5.74) is 0. The van der Waals surface area contributed by atoms with E-state index in [9.17, 15) is 17.6 Å². The monoisotopic (exact) mass is 408 g/mol. The number of benzene rings is 1. The zero-order valence-corrected chi connectivity index (χ0v) is 15.0. The number of ether oxygens (including phenoxy) is 1. The number of carbonyl (C=O) groups excluding carboxylic acids is 1. The molecule has 6 nitrogen and oxygen atoms in total. The fraction of sp³-hybridized carbons (Fsp3) is 0.500. The van der Waals surface area contributed by atoms with E-state index in [-0.39, 0.29) is 10.9 Å². The second-order valence-electron chi connectivity index (χ2n) is 5.16. The highest BCUT2D eigenvalue weighted by molar-refractivity contribution is 9.10. The third-order valence-electron chi connectivity index (χ3n) is 3.53. The predicted octanol–water partition coefficient (Wildman–Crippen LogP) is 2.49. The minimum Gasteiger partial charge on any atom is -0.450 e. The van der Waals surface area contributed by atoms with Crippen LogP contribution in [0.25, 0.3) is 0 Å². The van der Waals surface area contributed by atoms with Gasteiger partial charge in [-0.1, -0.05) is 15.9 Å². The van der Waals surface area contributed by atoms with Crippen LogP contribution in [0.4, 0.5) is 9.18 Å². The first-order chi connectivity index (χ1) is 10.8. The molecule has 1 heterocycles. The van der Waals surface area contributed by atoms with Crippen LogP contribution in [0.1, 0.15) is 19.8 Å². The van der Waals surface area contributed by atoms with Gasteiger partial charge in [-0.25, -0.2) is 22.3 Å². The Balaban J connectivity index is 2.00. The molecule has 23 heavy (non-hydrogen) atoms. The number of piperidine rings is 1. The van der Waals surface area contributed by atoms with Crippen molar-refractivity contribution in [1.82, 2.24) is 9.62 Å². The molecule has 0 aliphatic carbocycles. The number of sulfonamides is 1. The molecule has 0 spiro atoms. The van der Waals surface area contributed by atoms with Gasteiger partial charge in [0, 0.05) is 23.6 Å². The Kier molecular flexibility index (Phi) is 5.99. The van der Waals surface area contributed by atoms with Crippen LogP contribution in [0.5, 0.6) is 0 Å². The van der Waals surface area contributed by atoms with E-state index >= 15 is 0 Å². The fourth-order valence-corrected chi connectivity index (χ4v) is 4.28. The Morgan fingerprint density at radius 1 is 1.43 bits per heavy atom. The third-order valence-corrected chi connectivity index (χ3v) is 5.55. The summed E-state index contributed by atoms with van der Waals surface area (Å²) in [7, 11) is -3.95. The lowest BCUT2D eigenvalue weighted by Gasteiger charge is -2.31. The van der Waals surface area contributed by atoms with Crippen LogP contribution in [0.3, 0.4) is 0 Å². The second kappa shape index (κ2) is 7.59. The summed E-state index contributed by atoms with van der Waals surface area (Å²) in [6, 6.07) is 3.42. The number of rotatable bonds is 4. The molecule has 0 aromatic heterocycles. The van der Waals surface area contributed by atoms with Gasteiger partial charge < -0.3 is 9.64 Å². The van der Waals surface area contributed by atoms with Crippen molar-refractivity contribution in [2.75, 3.05) is 19.7 Å². The average molecular weight is 409 g/mol. The quantitative estimate of drug-likeness (QED) is 0.829. The van der Waals surface area contributed by atoms with Crippen LogP contribution < -0.4 is 4.72 Å². The Morgan fingerprint density at radius 2 is 2.09 bits per heavy atom. The van der Waals surface area contributed by atoms with Crippen LogP contribution in [0, 0.1) is 5.82 Å². The third kappa shape index (κ3) is 4.65. The van der Waals surface area contributed by atoms with Gasteiger partial charge in [0.05, 0.1) is 6.61 Å². The van der Waals surface area contributed by atoms with Gasteiger partial charge in [0.25, 0.3) is 0 Å². The normalized spacial score (nSPS) is 16.4. The molecular formula is C14H18BrFN2O4S. The lowest BCUT2D eigenvalue weighted by Crippen LogP contribution is -2.46. The molecule has 1 N–H and O–H groups in total. The van der Waals surface area contributed by atoms with Crippen LogP contribution in [-0.2, 0) is 14.8 Å². The van der Waals surface area contributed by atoms with Crippen LogP contribution >= 0.6 is 15.9 Å². The highest BCUT2D eigenvalue weighted by atomic mass is 79.9. The number of halogens is 2. The number of likely N-dealkylation sites (tertiary alicyclic amines) is 1. The number of carbonyl (C=O) groups is 1. The topological polar surface area (TPSA) is 75.7 Å². The van der Waals surface area contributed by atoms with E-state index in [0.717, 1.165) is 6.07 Å². The molecule has 0 unspecified atom stereocenters. The average Bonchev–Trinajstić information content (AvgIpc) is 2.50. The van der Waals surface area contributed by atoms with E-state index in [4.69, 9.17) is 4.74 Å². The van der Waals surface area contributed by atoms with Gasteiger partial charge in [-0.05, 0) is 38.0 Å². The Hall–Kier alpha value is -1.19. The summed E-state index contributed by atoms with van der Waals surface area (Å²) in [6.07, 6.45) is 0.508. The van der Waals surface area contributed by atoms with Gasteiger partial charge in [-0.2, -0.15) is 0 Å². The summed E-state index contributed by atoms with van der Waals surface area (Å²) < 4.78 is 46.3. The highest BCUT2D eigenvalue weighted by Crippen LogP contribution is 2.21. The minimum atomic E-state index is -3.95. The number of hydrogen-bond donors (Lipinski definition) is 1. The molecule has 1 aliphatic heterocycles. The summed E-state index contributed by atoms with van der Waals surface area (Å²) >= 11 is 3.14. The summed E-state index contributed by atoms with van der Waals surface area (Å²) in [5.74, 6) is -0.801. The first-order valence-electron chi connectivity index (χ1n) is 7.22. The fourth-order valence-electron chi connectivity index (χ4n) is 2.36. The van der Waals surface area contributed by atoms with Crippen molar-refractivity contribution in [1.29, 1.82) is 0 Å². The summed E-state index contributed by atoms with van der Waals surface area (Å²) in [5, 5.41) is 0. The zero-order valence-electron chi connectivity index (χ0n) is 12.6. The summed E-state index contributed by atoms with van der Waals surface area (Å²) in [4.78, 5) is 12.8. The van der Waals surface area contributed by atoms with Crippen molar-refractivity contribution in [2.45, 2.75) is 30.7 Å². The van der Waals surface area contributed by atoms with Gasteiger partial charge in [0.15, 0.2) is 0 Å². The van der Waals surface area contributed by atoms with Gasteiger partial charge in [-0.3, -0.25) is 0 Å². The molecule has 1 aromatic rings. The zero-order chi connectivity index (χ0) is 17.0. The van der Waals surface area contributed by atoms with Gasteiger partial charge >= 0.3 is 6.09 Å². The predicted molar refractivity (Wildman–Crippen MR) is 86.0 cm³/mol. The van der Waals surface area contributed by atoms with Crippen molar-refractivity contribution in [3.63, 3.8) is 0 Å². The highest BCUT2D eigenvalue weighted by Gasteiger charge is 2.28. The maximum absolute atomic E-state index is 13.8. The van der Waals surface area contributed by atoms with E-state index in [2.05, 4.69) is 20.7 Å². The molecular weight excluding hydrogens is 391 g/mol. The number of nitrogens with zero attached hydrogens (tertiary/aromatic N) is 1. The van der Waals surface area contributed by atoms with Crippen molar-refractivity contribution < 1.29 is 22.3 Å². The van der Waals surface area contributed by atoms with Crippen molar-refractivity contribution in [2.24, 2.45) is 0 Å². The molecule has 2 rings (SSSR count). The SMILES string of the molecule is CCOC(=O)N1CCC(NS(=O)(=O)c2cc(Br)ccc2F)CC1. The molecule has 0 radical (unpaired) electrons. The van der Waals surface area contributed by atoms with Gasteiger partial charge in [-0.15, -0.1) is 0 Å². The number of nitrogens with one attached hydrogen (secondary N) is 1. The van der Waals surface area contributed by atoms with E-state index < -0.39 is 21.9 Å². The maximum atomic E-state index is 13.8. The largest absolute Gasteiger partial charge is 0.450 e. The molecule has 1 saturated heterocycles. The van der Waals surface area contributed by atoms with Crippen molar-refractivity contribution in [3.8, 4) is 0 Å². The number of hydrogen-bond acceptors (Lipinski definition) is 4. The van der Waals surface area contributed by atoms with Crippen LogP contribution in [-0.4, -0.2) is 45.1 Å².